The first kappa shape index (κ1) is 12.5. The van der Waals surface area contributed by atoms with Crippen LogP contribution in [-0.2, 0) is 16.1 Å². The number of benzene rings is 1. The summed E-state index contributed by atoms with van der Waals surface area (Å²) in [6.07, 6.45) is 2.07. The van der Waals surface area contributed by atoms with Gasteiger partial charge in [0.1, 0.15) is 5.82 Å². The summed E-state index contributed by atoms with van der Waals surface area (Å²) in [7, 11) is 0. The Morgan fingerprint density at radius 2 is 1.80 bits per heavy atom. The van der Waals surface area contributed by atoms with Crippen LogP contribution in [0.5, 0.6) is 0 Å². The highest BCUT2D eigenvalue weighted by atomic mass is 19.1. The van der Waals surface area contributed by atoms with Crippen molar-refractivity contribution < 1.29 is 14.0 Å². The van der Waals surface area contributed by atoms with Gasteiger partial charge >= 0.3 is 0 Å². The van der Waals surface area contributed by atoms with Gasteiger partial charge in [-0.2, -0.15) is 5.10 Å². The molecule has 6 heteroatoms. The van der Waals surface area contributed by atoms with Gasteiger partial charge in [-0.1, -0.05) is 18.2 Å². The van der Waals surface area contributed by atoms with E-state index in [0.29, 0.717) is 11.4 Å². The molecule has 0 N–H and O–H groups in total. The van der Waals surface area contributed by atoms with Crippen LogP contribution in [-0.4, -0.2) is 21.6 Å². The number of anilines is 1. The SMILES string of the molecule is O=C1CCC(=O)N1c1ccn(Cc2ccccc2F)n1. The first-order valence-corrected chi connectivity index (χ1v) is 6.28. The third-order valence-corrected chi connectivity index (χ3v) is 3.20. The second kappa shape index (κ2) is 4.88. The van der Waals surface area contributed by atoms with E-state index in [-0.39, 0.29) is 37.0 Å². The maximum atomic E-state index is 13.5. The van der Waals surface area contributed by atoms with Crippen LogP contribution < -0.4 is 4.90 Å². The number of hydrogen-bond donors (Lipinski definition) is 0. The van der Waals surface area contributed by atoms with Crippen LogP contribution in [0.1, 0.15) is 18.4 Å². The summed E-state index contributed by atoms with van der Waals surface area (Å²) in [6, 6.07) is 8.00. The number of carbonyl (C=O) groups is 2. The average molecular weight is 273 g/mol. The molecule has 2 aromatic rings. The molecule has 0 unspecified atom stereocenters. The molecule has 1 saturated heterocycles. The molecule has 0 spiro atoms. The molecule has 2 amide bonds. The van der Waals surface area contributed by atoms with Crippen molar-refractivity contribution in [1.29, 1.82) is 0 Å². The minimum atomic E-state index is -0.308. The fourth-order valence-corrected chi connectivity index (χ4v) is 2.19. The van der Waals surface area contributed by atoms with Crippen LogP contribution in [0.2, 0.25) is 0 Å². The number of halogens is 1. The Morgan fingerprint density at radius 1 is 1.10 bits per heavy atom. The standard InChI is InChI=1S/C14H12FN3O2/c15-11-4-2-1-3-10(11)9-17-8-7-12(16-17)18-13(19)5-6-14(18)20/h1-4,7-8H,5-6,9H2. The molecule has 0 saturated carbocycles. The lowest BCUT2D eigenvalue weighted by Gasteiger charge is -2.09. The van der Waals surface area contributed by atoms with E-state index in [0.717, 1.165) is 4.90 Å². The first-order chi connectivity index (χ1) is 9.65. The molecule has 1 aliphatic heterocycles. The summed E-state index contributed by atoms with van der Waals surface area (Å²) in [5, 5.41) is 4.16. The zero-order valence-electron chi connectivity index (χ0n) is 10.6. The summed E-state index contributed by atoms with van der Waals surface area (Å²) in [5.41, 5.74) is 0.501. The lowest BCUT2D eigenvalue weighted by Crippen LogP contribution is -2.29. The molecule has 1 fully saturated rings. The summed E-state index contributed by atoms with van der Waals surface area (Å²) >= 11 is 0. The van der Waals surface area contributed by atoms with E-state index in [1.165, 1.54) is 10.7 Å². The Kier molecular flexibility index (Phi) is 3.06. The van der Waals surface area contributed by atoms with Gasteiger partial charge in [0, 0.05) is 30.7 Å². The van der Waals surface area contributed by atoms with Gasteiger partial charge in [-0.05, 0) is 6.07 Å². The second-order valence-corrected chi connectivity index (χ2v) is 4.59. The molecular formula is C14H12FN3O2. The van der Waals surface area contributed by atoms with Gasteiger partial charge in [-0.25, -0.2) is 9.29 Å². The van der Waals surface area contributed by atoms with Crippen molar-refractivity contribution in [3.05, 3.63) is 47.9 Å². The van der Waals surface area contributed by atoms with Crippen LogP contribution in [0.4, 0.5) is 10.2 Å². The fourth-order valence-electron chi connectivity index (χ4n) is 2.19. The monoisotopic (exact) mass is 273 g/mol. The number of hydrogen-bond acceptors (Lipinski definition) is 3. The van der Waals surface area contributed by atoms with E-state index < -0.39 is 0 Å². The quantitative estimate of drug-likeness (QED) is 0.800. The van der Waals surface area contributed by atoms with Gasteiger partial charge in [-0.15, -0.1) is 0 Å². The molecule has 3 rings (SSSR count). The van der Waals surface area contributed by atoms with Crippen molar-refractivity contribution in [1.82, 2.24) is 9.78 Å². The maximum Gasteiger partial charge on any atom is 0.235 e. The van der Waals surface area contributed by atoms with Gasteiger partial charge in [-0.3, -0.25) is 14.3 Å². The van der Waals surface area contributed by atoms with Crippen LogP contribution >= 0.6 is 0 Å². The number of amides is 2. The Hall–Kier alpha value is -2.50. The third-order valence-electron chi connectivity index (χ3n) is 3.20. The summed E-state index contributed by atoms with van der Waals surface area (Å²) in [5.74, 6) is -0.496. The van der Waals surface area contributed by atoms with Gasteiger partial charge in [0.2, 0.25) is 11.8 Å². The van der Waals surface area contributed by atoms with E-state index >= 15 is 0 Å². The molecule has 0 bridgehead atoms. The molecule has 102 valence electrons. The second-order valence-electron chi connectivity index (χ2n) is 4.59. The summed E-state index contributed by atoms with van der Waals surface area (Å²) in [4.78, 5) is 24.3. The molecule has 0 aliphatic carbocycles. The van der Waals surface area contributed by atoms with Crippen molar-refractivity contribution in [2.75, 3.05) is 4.90 Å². The average Bonchev–Trinajstić information content (AvgIpc) is 3.00. The molecule has 1 aromatic carbocycles. The minimum Gasteiger partial charge on any atom is -0.274 e. The van der Waals surface area contributed by atoms with Crippen molar-refractivity contribution in [3.8, 4) is 0 Å². The smallest absolute Gasteiger partial charge is 0.235 e. The van der Waals surface area contributed by atoms with E-state index in [1.54, 1.807) is 30.5 Å². The minimum absolute atomic E-state index is 0.221. The Labute approximate surface area is 114 Å². The predicted molar refractivity (Wildman–Crippen MR) is 69.5 cm³/mol. The molecule has 0 atom stereocenters. The predicted octanol–water partition coefficient (Wildman–Crippen LogP) is 1.72. The van der Waals surface area contributed by atoms with E-state index in [4.69, 9.17) is 0 Å². The zero-order chi connectivity index (χ0) is 14.1. The number of aromatic nitrogens is 2. The lowest BCUT2D eigenvalue weighted by atomic mass is 10.2. The van der Waals surface area contributed by atoms with Crippen molar-refractivity contribution in [3.63, 3.8) is 0 Å². The van der Waals surface area contributed by atoms with Crippen LogP contribution in [0, 0.1) is 5.82 Å². The van der Waals surface area contributed by atoms with Crippen molar-refractivity contribution in [2.24, 2.45) is 0 Å². The highest BCUT2D eigenvalue weighted by Crippen LogP contribution is 2.20. The first-order valence-electron chi connectivity index (χ1n) is 6.28. The largest absolute Gasteiger partial charge is 0.274 e. The summed E-state index contributed by atoms with van der Waals surface area (Å²) in [6.45, 7) is 0.253. The highest BCUT2D eigenvalue weighted by molar-refractivity contribution is 6.19. The molecule has 20 heavy (non-hydrogen) atoms. The Balaban J connectivity index is 1.82. The Morgan fingerprint density at radius 3 is 2.50 bits per heavy atom. The topological polar surface area (TPSA) is 55.2 Å². The van der Waals surface area contributed by atoms with Gasteiger partial charge in [0.25, 0.3) is 0 Å². The summed E-state index contributed by atoms with van der Waals surface area (Å²) < 4.78 is 15.1. The van der Waals surface area contributed by atoms with Gasteiger partial charge in [0.15, 0.2) is 5.82 Å². The molecule has 2 heterocycles. The fraction of sp³-hybridized carbons (Fsp3) is 0.214. The molecule has 1 aromatic heterocycles. The number of nitrogens with zero attached hydrogens (tertiary/aromatic N) is 3. The van der Waals surface area contributed by atoms with Crippen LogP contribution in [0.15, 0.2) is 36.5 Å². The molecular weight excluding hydrogens is 261 g/mol. The van der Waals surface area contributed by atoms with Gasteiger partial charge in [0.05, 0.1) is 6.54 Å². The van der Waals surface area contributed by atoms with Crippen LogP contribution in [0.25, 0.3) is 0 Å². The van der Waals surface area contributed by atoms with Crippen molar-refractivity contribution in [2.45, 2.75) is 19.4 Å². The highest BCUT2D eigenvalue weighted by Gasteiger charge is 2.31. The van der Waals surface area contributed by atoms with E-state index in [9.17, 15) is 14.0 Å². The number of rotatable bonds is 3. The number of carbonyl (C=O) groups excluding carboxylic acids is 2. The Bertz CT molecular complexity index is 665. The number of imide groups is 1. The maximum absolute atomic E-state index is 13.5. The molecule has 1 aliphatic rings. The lowest BCUT2D eigenvalue weighted by molar-refractivity contribution is -0.121. The van der Waals surface area contributed by atoms with E-state index in [2.05, 4.69) is 5.10 Å². The third kappa shape index (κ3) is 2.20. The molecule has 5 nitrogen and oxygen atoms in total. The van der Waals surface area contributed by atoms with Crippen molar-refractivity contribution >= 4 is 17.6 Å². The molecule has 0 radical (unpaired) electrons. The normalized spacial score (nSPS) is 15.2. The van der Waals surface area contributed by atoms with Crippen LogP contribution in [0.3, 0.4) is 0 Å². The zero-order valence-corrected chi connectivity index (χ0v) is 10.6. The van der Waals surface area contributed by atoms with E-state index in [1.807, 2.05) is 0 Å². The van der Waals surface area contributed by atoms with Gasteiger partial charge < -0.3 is 0 Å².